The summed E-state index contributed by atoms with van der Waals surface area (Å²) in [5.74, 6) is 1.78. The van der Waals surface area contributed by atoms with Gasteiger partial charge in [-0.3, -0.25) is 0 Å². The molecule has 0 amide bonds. The van der Waals surface area contributed by atoms with Gasteiger partial charge in [0.25, 0.3) is 6.71 Å². The second-order valence-electron chi connectivity index (χ2n) is 24.0. The van der Waals surface area contributed by atoms with Crippen molar-refractivity contribution in [2.45, 2.75) is 106 Å². The summed E-state index contributed by atoms with van der Waals surface area (Å²) in [5, 5.41) is 4.86. The average Bonchev–Trinajstić information content (AvgIpc) is 4.15. The molecule has 0 bridgehead atoms. The van der Waals surface area contributed by atoms with E-state index in [4.69, 9.17) is 8.83 Å². The van der Waals surface area contributed by atoms with E-state index in [0.717, 1.165) is 44.6 Å². The number of hydrogen-bond acceptors (Lipinski definition) is 6. The Kier molecular flexibility index (Phi) is 10.00. The van der Waals surface area contributed by atoms with Gasteiger partial charge in [0, 0.05) is 63.0 Å². The van der Waals surface area contributed by atoms with Crippen LogP contribution in [0.1, 0.15) is 101 Å². The molecule has 0 spiro atoms. The maximum Gasteiger partial charge on any atom is 0.277 e. The molecule has 4 aromatic heterocycles. The van der Waals surface area contributed by atoms with Gasteiger partial charge in [-0.1, -0.05) is 111 Å². The van der Waals surface area contributed by atoms with E-state index in [1.54, 1.807) is 0 Å². The Balaban J connectivity index is 1.14. The topological polar surface area (TPSA) is 32.8 Å². The molecule has 0 radical (unpaired) electrons. The van der Waals surface area contributed by atoms with Crippen LogP contribution in [-0.2, 0) is 16.2 Å². The molecule has 7 heteroatoms. The number of aryl methyl sites for hydroxylation is 4. The van der Waals surface area contributed by atoms with Crippen molar-refractivity contribution in [3.05, 3.63) is 172 Å². The fraction of sp³-hybridized carbons (Fsp3) is 0.242. The van der Waals surface area contributed by atoms with E-state index in [9.17, 15) is 0 Å². The third-order valence-corrected chi connectivity index (χ3v) is 18.2. The molecule has 2 aliphatic heterocycles. The van der Waals surface area contributed by atoms with E-state index < -0.39 is 0 Å². The molecule has 6 heterocycles. The van der Waals surface area contributed by atoms with E-state index in [1.165, 1.54) is 108 Å². The molecule has 0 fully saturated rings. The zero-order valence-corrected chi connectivity index (χ0v) is 45.9. The second kappa shape index (κ2) is 15.9. The third kappa shape index (κ3) is 7.12. The molecule has 0 aliphatic carbocycles. The molecule has 4 nitrogen and oxygen atoms in total. The van der Waals surface area contributed by atoms with Crippen LogP contribution in [0.4, 0.5) is 34.1 Å². The average molecular weight is 989 g/mol. The van der Waals surface area contributed by atoms with Crippen LogP contribution in [0, 0.1) is 27.7 Å². The van der Waals surface area contributed by atoms with Gasteiger partial charge in [0.05, 0.1) is 22.7 Å². The summed E-state index contributed by atoms with van der Waals surface area (Å²) >= 11 is 3.97. The fourth-order valence-electron chi connectivity index (χ4n) is 12.0. The molecule has 11 aromatic rings. The predicted octanol–water partition coefficient (Wildman–Crippen LogP) is 18.2. The van der Waals surface area contributed by atoms with Crippen molar-refractivity contribution in [1.29, 1.82) is 0 Å². The Labute approximate surface area is 438 Å². The number of rotatable bonds is 4. The van der Waals surface area contributed by atoms with Crippen molar-refractivity contribution in [3.63, 3.8) is 0 Å². The first kappa shape index (κ1) is 46.0. The van der Waals surface area contributed by atoms with Gasteiger partial charge in [0.1, 0.15) is 22.7 Å². The molecule has 0 N–H and O–H groups in total. The summed E-state index contributed by atoms with van der Waals surface area (Å²) in [6, 6.07) is 50.1. The summed E-state index contributed by atoms with van der Waals surface area (Å²) in [6.45, 7) is 30.4. The van der Waals surface area contributed by atoms with Crippen molar-refractivity contribution >= 4 is 121 Å². The third-order valence-electron chi connectivity index (χ3n) is 15.7. The number of hydrogen-bond donors (Lipinski definition) is 0. The summed E-state index contributed by atoms with van der Waals surface area (Å²) < 4.78 is 18.5. The molecule has 0 atom stereocenters. The van der Waals surface area contributed by atoms with Gasteiger partial charge in [0.2, 0.25) is 0 Å². The molecular formula is C66H61BN2O2S2. The van der Waals surface area contributed by atoms with Crippen molar-refractivity contribution in [3.8, 4) is 22.6 Å². The normalized spacial score (nSPS) is 13.7. The number of fused-ring (bicyclic) bond motifs is 10. The van der Waals surface area contributed by atoms with Gasteiger partial charge in [-0.15, -0.1) is 22.7 Å². The van der Waals surface area contributed by atoms with Gasteiger partial charge in [-0.2, -0.15) is 0 Å². The van der Waals surface area contributed by atoms with Crippen LogP contribution in [0.25, 0.3) is 64.8 Å². The minimum Gasteiger partial charge on any atom is -0.456 e. The van der Waals surface area contributed by atoms with Crippen molar-refractivity contribution < 1.29 is 8.83 Å². The second-order valence-corrected chi connectivity index (χ2v) is 26.2. The SMILES string of the molecule is Cc1cc(-c2cc3ccccc3o2)cc(C)c1N1c2cc(C(C)(C)C)cc3c2B(c2sc4ccc(C(C)(C)C)cc4c21)c1sc2ccc(C(C)(C)C)cc2c1N3c1c(C)cc(-c2cc3ccccc3o2)cc1C. The van der Waals surface area contributed by atoms with E-state index in [1.807, 2.05) is 34.8 Å². The van der Waals surface area contributed by atoms with E-state index in [-0.39, 0.29) is 23.0 Å². The summed E-state index contributed by atoms with van der Waals surface area (Å²) in [4.78, 5) is 5.38. The van der Waals surface area contributed by atoms with Gasteiger partial charge < -0.3 is 18.6 Å². The predicted molar refractivity (Wildman–Crippen MR) is 317 cm³/mol. The van der Waals surface area contributed by atoms with Crippen LogP contribution in [0.3, 0.4) is 0 Å². The van der Waals surface area contributed by atoms with E-state index in [0.29, 0.717) is 0 Å². The zero-order chi connectivity index (χ0) is 50.8. The minimum absolute atomic E-state index is 0.00774. The maximum atomic E-state index is 6.54. The first-order valence-corrected chi connectivity index (χ1v) is 27.5. The van der Waals surface area contributed by atoms with Crippen LogP contribution in [0.5, 0.6) is 0 Å². The molecule has 0 saturated heterocycles. The molecule has 13 rings (SSSR count). The van der Waals surface area contributed by atoms with Crippen LogP contribution >= 0.6 is 22.7 Å². The highest BCUT2D eigenvalue weighted by atomic mass is 32.1. The summed E-state index contributed by atoms with van der Waals surface area (Å²) in [6.07, 6.45) is 0. The zero-order valence-electron chi connectivity index (χ0n) is 44.3. The maximum absolute atomic E-state index is 6.54. The van der Waals surface area contributed by atoms with Crippen LogP contribution in [-0.4, -0.2) is 6.71 Å². The molecule has 73 heavy (non-hydrogen) atoms. The van der Waals surface area contributed by atoms with Crippen molar-refractivity contribution in [2.24, 2.45) is 0 Å². The molecule has 362 valence electrons. The number of para-hydroxylation sites is 2. The first-order chi connectivity index (χ1) is 34.7. The summed E-state index contributed by atoms with van der Waals surface area (Å²) in [7, 11) is 0. The Bertz CT molecular complexity index is 3750. The smallest absolute Gasteiger partial charge is 0.277 e. The van der Waals surface area contributed by atoms with Crippen LogP contribution in [0.2, 0.25) is 0 Å². The Morgan fingerprint density at radius 3 is 1.16 bits per heavy atom. The lowest BCUT2D eigenvalue weighted by molar-refractivity contribution is 0.590. The Morgan fingerprint density at radius 1 is 0.411 bits per heavy atom. The lowest BCUT2D eigenvalue weighted by Gasteiger charge is -2.44. The van der Waals surface area contributed by atoms with Crippen LogP contribution in [0.15, 0.2) is 142 Å². The van der Waals surface area contributed by atoms with Crippen molar-refractivity contribution in [1.82, 2.24) is 0 Å². The lowest BCUT2D eigenvalue weighted by atomic mass is 9.39. The van der Waals surface area contributed by atoms with E-state index in [2.05, 4.69) is 221 Å². The highest BCUT2D eigenvalue weighted by molar-refractivity contribution is 7.40. The standard InChI is InChI=1S/C66H61BN2O2S2/c1-36-26-42(53-30-40-18-14-16-20-51(40)70-53)27-37(2)58(36)68-49-34-46(66(11,12)13)35-50-57(49)67(62-60(68)47-32-44(64(5,6)7)22-24-55(47)72-62)63-61(48-33-45(65(8,9)10)23-25-56(48)73-63)69(50)59-38(3)28-43(29-39(59)4)54-31-41-19-15-17-21-52(41)71-54/h14-35H,1-13H3. The lowest BCUT2D eigenvalue weighted by Crippen LogP contribution is -2.59. The van der Waals surface area contributed by atoms with Gasteiger partial charge >= 0.3 is 0 Å². The van der Waals surface area contributed by atoms with Crippen molar-refractivity contribution in [2.75, 3.05) is 9.80 Å². The van der Waals surface area contributed by atoms with Gasteiger partial charge in [-0.25, -0.2) is 0 Å². The fourth-order valence-corrected chi connectivity index (χ4v) is 14.6. The number of furan rings is 2. The highest BCUT2D eigenvalue weighted by Crippen LogP contribution is 2.54. The Morgan fingerprint density at radius 2 is 0.795 bits per heavy atom. The molecule has 2 aliphatic rings. The summed E-state index contributed by atoms with van der Waals surface area (Å²) in [5.41, 5.74) is 21.5. The quantitative estimate of drug-likeness (QED) is 0.165. The molecular weight excluding hydrogens is 928 g/mol. The number of benzene rings is 7. The molecule has 0 unspecified atom stereocenters. The highest BCUT2D eigenvalue weighted by Gasteiger charge is 2.48. The van der Waals surface area contributed by atoms with Crippen LogP contribution < -0.4 is 24.8 Å². The molecule has 7 aromatic carbocycles. The largest absolute Gasteiger partial charge is 0.456 e. The minimum atomic E-state index is -0.171. The Hall–Kier alpha value is -6.80. The number of nitrogens with zero attached hydrogens (tertiary/aromatic N) is 2. The first-order valence-electron chi connectivity index (χ1n) is 25.8. The van der Waals surface area contributed by atoms with E-state index >= 15 is 0 Å². The van der Waals surface area contributed by atoms with Gasteiger partial charge in [-0.05, 0) is 173 Å². The van der Waals surface area contributed by atoms with Gasteiger partial charge in [0.15, 0.2) is 0 Å². The molecule has 0 saturated carbocycles. The number of anilines is 6. The monoisotopic (exact) mass is 988 g/mol. The number of thiophene rings is 2.